The van der Waals surface area contributed by atoms with Gasteiger partial charge < -0.3 is 4.42 Å². The molecular weight excluding hydrogens is 671 g/mol. The molecule has 0 saturated heterocycles. The Morgan fingerprint density at radius 3 is 1.69 bits per heavy atom. The molecule has 2 aromatic heterocycles. The summed E-state index contributed by atoms with van der Waals surface area (Å²) in [6, 6.07) is 65.7. The van der Waals surface area contributed by atoms with E-state index in [1.54, 1.807) is 0 Å². The number of rotatable bonds is 5. The summed E-state index contributed by atoms with van der Waals surface area (Å²) in [5.74, 6) is 1.82. The lowest BCUT2D eigenvalue weighted by Crippen LogP contribution is -2.01. The summed E-state index contributed by atoms with van der Waals surface area (Å²) >= 11 is 0. The molecule has 0 aliphatic rings. The number of nitrogens with zero attached hydrogens (tertiary/aromatic N) is 3. The molecule has 0 N–H and O–H groups in total. The first kappa shape index (κ1) is 31.1. The maximum absolute atomic E-state index is 6.69. The summed E-state index contributed by atoms with van der Waals surface area (Å²) < 4.78 is 6.69. The molecule has 11 aromatic rings. The van der Waals surface area contributed by atoms with Crippen molar-refractivity contribution in [1.29, 1.82) is 0 Å². The van der Waals surface area contributed by atoms with Crippen molar-refractivity contribution in [3.63, 3.8) is 0 Å². The quantitative estimate of drug-likeness (QED) is 0.179. The second-order valence-corrected chi connectivity index (χ2v) is 14.0. The zero-order valence-corrected chi connectivity index (χ0v) is 29.6. The average molecular weight is 702 g/mol. The van der Waals surface area contributed by atoms with Crippen LogP contribution in [0.5, 0.6) is 0 Å². The zero-order chi connectivity index (χ0) is 36.3. The zero-order valence-electron chi connectivity index (χ0n) is 29.6. The van der Waals surface area contributed by atoms with Crippen LogP contribution in [0.3, 0.4) is 0 Å². The Balaban J connectivity index is 1.21. The summed E-state index contributed by atoms with van der Waals surface area (Å²) in [5, 5.41) is 8.62. The molecule has 11 rings (SSSR count). The molecule has 0 aliphatic heterocycles. The van der Waals surface area contributed by atoms with Crippen LogP contribution in [-0.2, 0) is 0 Å². The van der Waals surface area contributed by atoms with Crippen LogP contribution in [0.1, 0.15) is 0 Å². The Morgan fingerprint density at radius 2 is 0.891 bits per heavy atom. The van der Waals surface area contributed by atoms with E-state index < -0.39 is 0 Å². The van der Waals surface area contributed by atoms with Gasteiger partial charge in [-0.2, -0.15) is 0 Å². The van der Waals surface area contributed by atoms with Gasteiger partial charge in [-0.05, 0) is 85.6 Å². The monoisotopic (exact) mass is 701 g/mol. The van der Waals surface area contributed by atoms with Crippen LogP contribution >= 0.6 is 0 Å². The van der Waals surface area contributed by atoms with Crippen molar-refractivity contribution in [3.8, 4) is 56.4 Å². The first-order valence-corrected chi connectivity index (χ1v) is 18.5. The first-order valence-electron chi connectivity index (χ1n) is 18.5. The molecular formula is C51H31N3O. The number of hydrogen-bond acceptors (Lipinski definition) is 4. The van der Waals surface area contributed by atoms with Crippen molar-refractivity contribution in [2.45, 2.75) is 0 Å². The van der Waals surface area contributed by atoms with Crippen LogP contribution in [0.25, 0.3) is 111 Å². The van der Waals surface area contributed by atoms with Crippen molar-refractivity contribution >= 4 is 54.3 Å². The van der Waals surface area contributed by atoms with Crippen molar-refractivity contribution in [2.75, 3.05) is 0 Å². The van der Waals surface area contributed by atoms with Crippen molar-refractivity contribution < 1.29 is 4.42 Å². The van der Waals surface area contributed by atoms with Crippen LogP contribution in [0, 0.1) is 0 Å². The molecule has 0 saturated carbocycles. The Kier molecular flexibility index (Phi) is 7.14. The predicted octanol–water partition coefficient (Wildman–Crippen LogP) is 13.6. The van der Waals surface area contributed by atoms with Crippen LogP contribution < -0.4 is 0 Å². The van der Waals surface area contributed by atoms with Crippen molar-refractivity contribution in [3.05, 3.63) is 188 Å². The van der Waals surface area contributed by atoms with Gasteiger partial charge in [-0.3, -0.25) is 0 Å². The Labute approximate surface area is 317 Å². The highest BCUT2D eigenvalue weighted by Gasteiger charge is 2.22. The van der Waals surface area contributed by atoms with Gasteiger partial charge in [0.2, 0.25) is 0 Å². The van der Waals surface area contributed by atoms with Crippen molar-refractivity contribution in [1.82, 2.24) is 15.0 Å². The lowest BCUT2D eigenvalue weighted by atomic mass is 9.94. The predicted molar refractivity (Wildman–Crippen MR) is 227 cm³/mol. The molecule has 55 heavy (non-hydrogen) atoms. The number of aromatic nitrogens is 3. The lowest BCUT2D eigenvalue weighted by Gasteiger charge is -2.14. The van der Waals surface area contributed by atoms with Crippen LogP contribution in [0.15, 0.2) is 192 Å². The minimum Gasteiger partial charge on any atom is -0.455 e. The van der Waals surface area contributed by atoms with E-state index in [0.717, 1.165) is 76.7 Å². The van der Waals surface area contributed by atoms with E-state index in [0.29, 0.717) is 17.5 Å². The number of para-hydroxylation sites is 1. The molecule has 2 heterocycles. The standard InChI is InChI=1S/C51H31N3O/c1-3-13-32(14-4-1)36-25-26-40-38(30-36)31-45(47-44-21-11-12-22-46(44)55-48(40)47)51-53-49(37-24-23-33-15-7-8-18-35(33)29-37)52-50(54-51)43-28-27-39(34-16-5-2-6-17-34)41-19-9-10-20-42(41)43/h1-31H. The highest BCUT2D eigenvalue weighted by molar-refractivity contribution is 6.21. The largest absolute Gasteiger partial charge is 0.455 e. The number of furan rings is 1. The molecule has 4 nitrogen and oxygen atoms in total. The fraction of sp³-hybridized carbons (Fsp3) is 0. The maximum atomic E-state index is 6.69. The molecule has 256 valence electrons. The molecule has 0 unspecified atom stereocenters. The van der Waals surface area contributed by atoms with Gasteiger partial charge in [0, 0.05) is 32.8 Å². The lowest BCUT2D eigenvalue weighted by molar-refractivity contribution is 0.672. The van der Waals surface area contributed by atoms with E-state index in [-0.39, 0.29) is 0 Å². The first-order chi connectivity index (χ1) is 27.2. The molecule has 0 fully saturated rings. The fourth-order valence-electron chi connectivity index (χ4n) is 8.04. The summed E-state index contributed by atoms with van der Waals surface area (Å²) in [6.07, 6.45) is 0. The van der Waals surface area contributed by atoms with Gasteiger partial charge in [0.25, 0.3) is 0 Å². The molecule has 0 aliphatic carbocycles. The average Bonchev–Trinajstić information content (AvgIpc) is 3.66. The number of fused-ring (bicyclic) bond motifs is 7. The van der Waals surface area contributed by atoms with E-state index in [4.69, 9.17) is 19.4 Å². The maximum Gasteiger partial charge on any atom is 0.164 e. The van der Waals surface area contributed by atoms with E-state index in [1.807, 2.05) is 18.2 Å². The summed E-state index contributed by atoms with van der Waals surface area (Å²) in [7, 11) is 0. The smallest absolute Gasteiger partial charge is 0.164 e. The van der Waals surface area contributed by atoms with Crippen LogP contribution in [-0.4, -0.2) is 15.0 Å². The number of hydrogen-bond donors (Lipinski definition) is 0. The molecule has 0 spiro atoms. The summed E-state index contributed by atoms with van der Waals surface area (Å²) in [4.78, 5) is 15.9. The molecule has 0 radical (unpaired) electrons. The third-order valence-corrected chi connectivity index (χ3v) is 10.7. The van der Waals surface area contributed by atoms with E-state index >= 15 is 0 Å². The third-order valence-electron chi connectivity index (χ3n) is 10.7. The topological polar surface area (TPSA) is 51.8 Å². The van der Waals surface area contributed by atoms with E-state index in [9.17, 15) is 0 Å². The van der Waals surface area contributed by atoms with Gasteiger partial charge in [-0.15, -0.1) is 0 Å². The van der Waals surface area contributed by atoms with Crippen molar-refractivity contribution in [2.24, 2.45) is 0 Å². The number of benzene rings is 9. The van der Waals surface area contributed by atoms with Gasteiger partial charge in [-0.25, -0.2) is 15.0 Å². The van der Waals surface area contributed by atoms with Gasteiger partial charge in [-0.1, -0.05) is 152 Å². The van der Waals surface area contributed by atoms with Gasteiger partial charge >= 0.3 is 0 Å². The second kappa shape index (κ2) is 12.6. The fourth-order valence-corrected chi connectivity index (χ4v) is 8.04. The Hall–Kier alpha value is -7.43. The molecule has 9 aromatic carbocycles. The highest BCUT2D eigenvalue weighted by atomic mass is 16.3. The minimum atomic E-state index is 0.591. The molecule has 0 atom stereocenters. The summed E-state index contributed by atoms with van der Waals surface area (Å²) in [6.45, 7) is 0. The van der Waals surface area contributed by atoms with Crippen LogP contribution in [0.4, 0.5) is 0 Å². The van der Waals surface area contributed by atoms with Gasteiger partial charge in [0.15, 0.2) is 17.5 Å². The Bertz CT molecular complexity index is 3260. The molecule has 0 bridgehead atoms. The Morgan fingerprint density at radius 1 is 0.309 bits per heavy atom. The van der Waals surface area contributed by atoms with Gasteiger partial charge in [0.05, 0.1) is 0 Å². The van der Waals surface area contributed by atoms with Gasteiger partial charge in [0.1, 0.15) is 11.2 Å². The molecule has 4 heteroatoms. The second-order valence-electron chi connectivity index (χ2n) is 14.0. The van der Waals surface area contributed by atoms with E-state index in [1.165, 1.54) is 16.5 Å². The third kappa shape index (κ3) is 5.26. The SMILES string of the molecule is c1ccc(-c2ccc3c(c2)cc(-c2nc(-c4ccc5ccccc5c4)nc(-c4ccc(-c5ccccc5)c5ccccc45)n2)c2c4ccccc4oc32)cc1. The van der Waals surface area contributed by atoms with E-state index in [2.05, 4.69) is 170 Å². The highest BCUT2D eigenvalue weighted by Crippen LogP contribution is 2.43. The molecule has 0 amide bonds. The normalized spacial score (nSPS) is 11.6. The minimum absolute atomic E-state index is 0.591. The van der Waals surface area contributed by atoms with Crippen LogP contribution in [0.2, 0.25) is 0 Å². The summed E-state index contributed by atoms with van der Waals surface area (Å²) in [5.41, 5.74) is 9.03.